The number of aliphatic hydroxyl groups excluding tert-OH is 6. The number of nitrogens with one attached hydrogen (secondary N) is 1. The van der Waals surface area contributed by atoms with Crippen LogP contribution in [0, 0.1) is 0 Å². The first-order valence-corrected chi connectivity index (χ1v) is 4.36. The van der Waals surface area contributed by atoms with E-state index in [-0.39, 0.29) is 0 Å². The summed E-state index contributed by atoms with van der Waals surface area (Å²) >= 11 is 0. The Labute approximate surface area is 85.0 Å². The molecule has 8 heteroatoms. The van der Waals surface area contributed by atoms with Crippen LogP contribution in [0.4, 0.5) is 0 Å². The van der Waals surface area contributed by atoms with Crippen LogP contribution in [0.1, 0.15) is 0 Å². The van der Waals surface area contributed by atoms with Crippen LogP contribution < -0.4 is 5.32 Å². The van der Waals surface area contributed by atoms with Crippen LogP contribution in [0.3, 0.4) is 0 Å². The van der Waals surface area contributed by atoms with Gasteiger partial charge in [0.2, 0.25) is 0 Å². The van der Waals surface area contributed by atoms with Crippen molar-refractivity contribution in [3.05, 3.63) is 0 Å². The summed E-state index contributed by atoms with van der Waals surface area (Å²) in [7, 11) is 0. The highest BCUT2D eigenvalue weighted by molar-refractivity contribution is 5.06. The minimum atomic E-state index is -2.30. The molecule has 15 heavy (non-hydrogen) atoms. The Morgan fingerprint density at radius 1 is 1.20 bits per heavy atom. The van der Waals surface area contributed by atoms with Gasteiger partial charge in [-0.15, -0.1) is 0 Å². The highest BCUT2D eigenvalue weighted by Crippen LogP contribution is 2.27. The predicted molar refractivity (Wildman–Crippen MR) is 45.2 cm³/mol. The molecule has 0 saturated carbocycles. The minimum absolute atomic E-state index is 0.813. The fourth-order valence-corrected chi connectivity index (χ4v) is 1.38. The predicted octanol–water partition coefficient (Wildman–Crippen LogP) is -4.97. The van der Waals surface area contributed by atoms with E-state index < -0.39 is 43.0 Å². The molecule has 0 aromatic heterocycles. The summed E-state index contributed by atoms with van der Waals surface area (Å²) in [5.74, 6) is 0. The van der Waals surface area contributed by atoms with Crippen LogP contribution in [0.2, 0.25) is 0 Å². The fraction of sp³-hybridized carbons (Fsp3) is 1.00. The van der Waals surface area contributed by atoms with Gasteiger partial charge in [0, 0.05) is 0 Å². The molecule has 0 aromatic rings. The van der Waals surface area contributed by atoms with Crippen LogP contribution in [-0.2, 0) is 0 Å². The third kappa shape index (κ3) is 1.98. The summed E-state index contributed by atoms with van der Waals surface area (Å²) in [6, 6.07) is 0. The first-order valence-electron chi connectivity index (χ1n) is 4.36. The molecule has 1 aliphatic rings. The summed E-state index contributed by atoms with van der Waals surface area (Å²) in [5, 5.41) is 65.6. The second-order valence-electron chi connectivity index (χ2n) is 3.54. The third-order valence-electron chi connectivity index (χ3n) is 2.48. The summed E-state index contributed by atoms with van der Waals surface area (Å²) in [5.41, 5.74) is -2.30. The van der Waals surface area contributed by atoms with Gasteiger partial charge >= 0.3 is 0 Å². The lowest BCUT2D eigenvalue weighted by molar-refractivity contribution is -0.298. The van der Waals surface area contributed by atoms with E-state index >= 15 is 0 Å². The van der Waals surface area contributed by atoms with Crippen molar-refractivity contribution < 1.29 is 35.7 Å². The summed E-state index contributed by atoms with van der Waals surface area (Å²) < 4.78 is 0. The second-order valence-corrected chi connectivity index (χ2v) is 3.54. The summed E-state index contributed by atoms with van der Waals surface area (Å²) in [6.45, 7) is -0.813. The molecule has 1 rings (SSSR count). The molecule has 90 valence electrons. The van der Waals surface area contributed by atoms with Crippen LogP contribution in [0.5, 0.6) is 0 Å². The Bertz CT molecular complexity index is 227. The van der Waals surface area contributed by atoms with Crippen molar-refractivity contribution in [1.29, 1.82) is 0 Å². The molecule has 1 saturated heterocycles. The third-order valence-corrected chi connectivity index (χ3v) is 2.48. The topological polar surface area (TPSA) is 154 Å². The number of rotatable bonds is 4. The van der Waals surface area contributed by atoms with Gasteiger partial charge in [-0.1, -0.05) is 0 Å². The van der Waals surface area contributed by atoms with E-state index in [1.807, 2.05) is 5.32 Å². The van der Waals surface area contributed by atoms with Crippen LogP contribution in [0.15, 0.2) is 0 Å². The Balaban J connectivity index is 2.64. The van der Waals surface area contributed by atoms with Crippen LogP contribution in [0.25, 0.3) is 0 Å². The van der Waals surface area contributed by atoms with E-state index in [1.54, 1.807) is 0 Å². The average Bonchev–Trinajstić information content (AvgIpc) is 2.25. The first-order chi connectivity index (χ1) is 6.84. The van der Waals surface area contributed by atoms with Gasteiger partial charge in [0.1, 0.15) is 30.6 Å². The lowest BCUT2D eigenvalue weighted by atomic mass is 9.86. The van der Waals surface area contributed by atoms with Crippen LogP contribution >= 0.6 is 0 Å². The van der Waals surface area contributed by atoms with Crippen molar-refractivity contribution in [2.75, 3.05) is 6.61 Å². The lowest BCUT2D eigenvalue weighted by Crippen LogP contribution is -2.81. The fourth-order valence-electron chi connectivity index (χ4n) is 1.38. The van der Waals surface area contributed by atoms with Gasteiger partial charge in [-0.05, 0) is 0 Å². The molecule has 8 nitrogen and oxygen atoms in total. The molecule has 0 radical (unpaired) electrons. The Morgan fingerprint density at radius 3 is 2.07 bits per heavy atom. The Kier molecular flexibility index (Phi) is 3.63. The highest BCUT2D eigenvalue weighted by atomic mass is 16.4. The monoisotopic (exact) mass is 225 g/mol. The normalized spacial score (nSPS) is 41.8. The van der Waals surface area contributed by atoms with Gasteiger partial charge in [0.05, 0.1) is 6.61 Å². The van der Waals surface area contributed by atoms with Crippen molar-refractivity contribution in [2.24, 2.45) is 0 Å². The molecular weight excluding hydrogens is 210 g/mol. The quantitative estimate of drug-likeness (QED) is 0.237. The number of hydrogen-bond donors (Lipinski definition) is 8. The maximum absolute atomic E-state index is 9.51. The first kappa shape index (κ1) is 12.7. The van der Waals surface area contributed by atoms with Crippen LogP contribution in [-0.4, -0.2) is 78.7 Å². The smallest absolute Gasteiger partial charge is 0.177 e. The molecule has 0 bridgehead atoms. The molecule has 0 amide bonds. The molecule has 8 N–H and O–H groups in total. The molecule has 0 aromatic carbocycles. The van der Waals surface area contributed by atoms with E-state index in [4.69, 9.17) is 20.4 Å². The summed E-state index contributed by atoms with van der Waals surface area (Å²) in [4.78, 5) is 0. The number of aliphatic hydroxyl groups is 7. The van der Waals surface area contributed by atoms with E-state index in [1.165, 1.54) is 0 Å². The maximum Gasteiger partial charge on any atom is 0.177 e. The van der Waals surface area contributed by atoms with Gasteiger partial charge in [0.15, 0.2) is 5.72 Å². The molecular formula is C7H15NO7. The molecule has 0 aliphatic carbocycles. The summed E-state index contributed by atoms with van der Waals surface area (Å²) in [6.07, 6.45) is -8.56. The van der Waals surface area contributed by atoms with E-state index in [0.29, 0.717) is 0 Å². The molecule has 6 atom stereocenters. The van der Waals surface area contributed by atoms with Gasteiger partial charge in [-0.25, -0.2) is 0 Å². The molecule has 0 spiro atoms. The molecule has 1 heterocycles. The van der Waals surface area contributed by atoms with Gasteiger partial charge in [-0.3, -0.25) is 5.32 Å². The van der Waals surface area contributed by atoms with E-state index in [2.05, 4.69) is 0 Å². The van der Waals surface area contributed by atoms with E-state index in [9.17, 15) is 15.3 Å². The zero-order valence-electron chi connectivity index (χ0n) is 7.72. The standard InChI is InChI=1S/C7H15NO7/c9-1-2(10)3(11)4(12)7(15)5(13)6(14)8-7/h2-6,8-15H,1H2. The van der Waals surface area contributed by atoms with Gasteiger partial charge in [0.25, 0.3) is 0 Å². The molecule has 1 aliphatic heterocycles. The van der Waals surface area contributed by atoms with Crippen molar-refractivity contribution in [1.82, 2.24) is 5.32 Å². The molecule has 1 fully saturated rings. The number of hydrogen-bond acceptors (Lipinski definition) is 8. The largest absolute Gasteiger partial charge is 0.394 e. The second kappa shape index (κ2) is 4.28. The Hall–Kier alpha value is -0.320. The van der Waals surface area contributed by atoms with Crippen molar-refractivity contribution in [3.8, 4) is 0 Å². The zero-order chi connectivity index (χ0) is 11.8. The minimum Gasteiger partial charge on any atom is -0.394 e. The van der Waals surface area contributed by atoms with Gasteiger partial charge < -0.3 is 35.7 Å². The Morgan fingerprint density at radius 2 is 1.73 bits per heavy atom. The van der Waals surface area contributed by atoms with Crippen molar-refractivity contribution >= 4 is 0 Å². The van der Waals surface area contributed by atoms with Crippen molar-refractivity contribution in [2.45, 2.75) is 36.4 Å². The molecule has 6 unspecified atom stereocenters. The highest BCUT2D eigenvalue weighted by Gasteiger charge is 2.58. The maximum atomic E-state index is 9.51. The van der Waals surface area contributed by atoms with Crippen molar-refractivity contribution in [3.63, 3.8) is 0 Å². The lowest BCUT2D eigenvalue weighted by Gasteiger charge is -2.50. The average molecular weight is 225 g/mol. The zero-order valence-corrected chi connectivity index (χ0v) is 7.72. The van der Waals surface area contributed by atoms with E-state index in [0.717, 1.165) is 0 Å². The SMILES string of the molecule is OCC(O)C(O)C(O)C1(O)NC(O)C1O. The van der Waals surface area contributed by atoms with Gasteiger partial charge in [-0.2, -0.15) is 0 Å².